The molecule has 4 heterocycles. The number of aromatic nitrogens is 4. The molecule has 0 atom stereocenters. The molecule has 1 aliphatic rings. The van der Waals surface area contributed by atoms with Crippen LogP contribution in [0.25, 0.3) is 22.2 Å². The summed E-state index contributed by atoms with van der Waals surface area (Å²) < 4.78 is 58.9. The van der Waals surface area contributed by atoms with Gasteiger partial charge >= 0.3 is 0 Å². The van der Waals surface area contributed by atoms with E-state index >= 15 is 4.39 Å². The molecule has 10 heteroatoms. The van der Waals surface area contributed by atoms with E-state index in [0.29, 0.717) is 29.1 Å². The lowest BCUT2D eigenvalue weighted by Crippen LogP contribution is -2.10. The van der Waals surface area contributed by atoms with Crippen LogP contribution in [0.4, 0.5) is 14.5 Å². The molecule has 38 heavy (non-hydrogen) atoms. The lowest BCUT2D eigenvalue weighted by atomic mass is 9.99. The lowest BCUT2D eigenvalue weighted by molar-refractivity contribution is 0.550. The van der Waals surface area contributed by atoms with Gasteiger partial charge < -0.3 is 4.57 Å². The van der Waals surface area contributed by atoms with Gasteiger partial charge in [-0.25, -0.2) is 27.2 Å². The number of aliphatic imine (C=N–C) groups is 1. The van der Waals surface area contributed by atoms with Crippen molar-refractivity contribution in [2.24, 2.45) is 12.0 Å². The van der Waals surface area contributed by atoms with Gasteiger partial charge in [0.25, 0.3) is 0 Å². The second-order valence-corrected chi connectivity index (χ2v) is 11.1. The van der Waals surface area contributed by atoms with Crippen LogP contribution < -0.4 is 0 Å². The molecule has 6 rings (SSSR count). The van der Waals surface area contributed by atoms with Crippen molar-refractivity contribution in [3.05, 3.63) is 101 Å². The molecular weight excluding hydrogens is 508 g/mol. The fraction of sp³-hybridized carbons (Fsp3) is 0.143. The molecule has 0 spiro atoms. The number of sulfone groups is 1. The number of nitrogens with zero attached hydrogens (tertiary/aromatic N) is 5. The predicted octanol–water partition coefficient (Wildman–Crippen LogP) is 5.13. The zero-order chi connectivity index (χ0) is 26.4. The molecule has 190 valence electrons. The highest BCUT2D eigenvalue weighted by Gasteiger charge is 2.24. The maximum Gasteiger partial charge on any atom is 0.182 e. The Labute approximate surface area is 217 Å². The highest BCUT2D eigenvalue weighted by Crippen LogP contribution is 2.35. The minimum absolute atomic E-state index is 0.0756. The standard InChI is InChI=1S/C28H21F2N5O2S/c1-35-12-9-17-13-19(5-7-25(17)35)38(36,37)15-18-4-6-22(29)21(26(18)30)14-24-20(3-2-10-31-24)27-28-23(8-11-32-28)33-16-34-27/h2-7,9-13,16H,8,14-15H2,1H3. The van der Waals surface area contributed by atoms with Gasteiger partial charge in [-0.2, -0.15) is 0 Å². The molecule has 0 radical (unpaired) electrons. The van der Waals surface area contributed by atoms with Crippen LogP contribution in [0, 0.1) is 11.6 Å². The Hall–Kier alpha value is -4.31. The van der Waals surface area contributed by atoms with E-state index in [4.69, 9.17) is 0 Å². The topological polar surface area (TPSA) is 90.1 Å². The summed E-state index contributed by atoms with van der Waals surface area (Å²) in [4.78, 5) is 17.4. The van der Waals surface area contributed by atoms with Crippen molar-refractivity contribution < 1.29 is 17.2 Å². The summed E-state index contributed by atoms with van der Waals surface area (Å²) >= 11 is 0. The van der Waals surface area contributed by atoms with E-state index < -0.39 is 27.2 Å². The normalized spacial score (nSPS) is 12.8. The Morgan fingerprint density at radius 3 is 2.76 bits per heavy atom. The molecule has 3 aromatic heterocycles. The number of hydrogen-bond acceptors (Lipinski definition) is 6. The number of rotatable bonds is 6. The van der Waals surface area contributed by atoms with Gasteiger partial charge in [0.05, 0.1) is 22.0 Å². The van der Waals surface area contributed by atoms with Crippen molar-refractivity contribution in [1.29, 1.82) is 0 Å². The quantitative estimate of drug-likeness (QED) is 0.304. The summed E-state index contributed by atoms with van der Waals surface area (Å²) in [6.07, 6.45) is 6.92. The van der Waals surface area contributed by atoms with Gasteiger partial charge in [-0.15, -0.1) is 0 Å². The third kappa shape index (κ3) is 4.16. The fourth-order valence-electron chi connectivity index (χ4n) is 4.74. The zero-order valence-corrected chi connectivity index (χ0v) is 21.1. The lowest BCUT2D eigenvalue weighted by Gasteiger charge is -2.13. The van der Waals surface area contributed by atoms with E-state index in [2.05, 4.69) is 19.9 Å². The SMILES string of the molecule is Cn1ccc2cc(S(=O)(=O)Cc3ccc(F)c(Cc4ncccc4-c4ncnc5c4N=CC5)c3F)ccc21. The number of fused-ring (bicyclic) bond motifs is 2. The smallest absolute Gasteiger partial charge is 0.182 e. The Morgan fingerprint density at radius 1 is 1.03 bits per heavy atom. The van der Waals surface area contributed by atoms with E-state index in [1.54, 1.807) is 30.5 Å². The maximum atomic E-state index is 15.7. The molecule has 7 nitrogen and oxygen atoms in total. The highest BCUT2D eigenvalue weighted by atomic mass is 32.2. The molecule has 0 saturated heterocycles. The van der Waals surface area contributed by atoms with Crippen LogP contribution in [0.1, 0.15) is 22.5 Å². The van der Waals surface area contributed by atoms with Gasteiger partial charge in [-0.05, 0) is 42.5 Å². The first-order chi connectivity index (χ1) is 18.3. The third-order valence-electron chi connectivity index (χ3n) is 6.72. The molecule has 0 aliphatic carbocycles. The van der Waals surface area contributed by atoms with Crippen molar-refractivity contribution in [1.82, 2.24) is 19.5 Å². The second-order valence-electron chi connectivity index (χ2n) is 9.11. The number of halogens is 2. The second kappa shape index (κ2) is 9.21. The van der Waals surface area contributed by atoms with Gasteiger partial charge in [-0.1, -0.05) is 6.07 Å². The molecule has 0 saturated carbocycles. The van der Waals surface area contributed by atoms with Crippen LogP contribution in [0.2, 0.25) is 0 Å². The van der Waals surface area contributed by atoms with Crippen LogP contribution in [0.15, 0.2) is 77.1 Å². The summed E-state index contributed by atoms with van der Waals surface area (Å²) in [6.45, 7) is 0. The van der Waals surface area contributed by atoms with Gasteiger partial charge in [0.2, 0.25) is 0 Å². The average molecular weight is 530 g/mol. The molecule has 5 aromatic rings. The molecule has 0 N–H and O–H groups in total. The number of benzene rings is 2. The first-order valence-electron chi connectivity index (χ1n) is 11.9. The Balaban J connectivity index is 1.35. The van der Waals surface area contributed by atoms with Crippen LogP contribution in [-0.4, -0.2) is 34.2 Å². The monoisotopic (exact) mass is 529 g/mol. The molecular formula is C28H21F2N5O2S. The summed E-state index contributed by atoms with van der Waals surface area (Å²) in [7, 11) is -2.03. The summed E-state index contributed by atoms with van der Waals surface area (Å²) in [5.74, 6) is -2.29. The van der Waals surface area contributed by atoms with Crippen LogP contribution in [-0.2, 0) is 35.5 Å². The number of hydrogen-bond donors (Lipinski definition) is 0. The van der Waals surface area contributed by atoms with E-state index in [1.165, 1.54) is 24.7 Å². The van der Waals surface area contributed by atoms with Gasteiger partial charge in [0.15, 0.2) is 9.84 Å². The first kappa shape index (κ1) is 24.1. The number of aryl methyl sites for hydroxylation is 1. The van der Waals surface area contributed by atoms with Gasteiger partial charge in [-0.3, -0.25) is 9.98 Å². The average Bonchev–Trinajstić information content (AvgIpc) is 3.55. The maximum absolute atomic E-state index is 15.7. The molecule has 0 fully saturated rings. The highest BCUT2D eigenvalue weighted by molar-refractivity contribution is 7.90. The van der Waals surface area contributed by atoms with Crippen LogP contribution >= 0.6 is 0 Å². The molecule has 0 bridgehead atoms. The van der Waals surface area contributed by atoms with Crippen LogP contribution in [0.3, 0.4) is 0 Å². The third-order valence-corrected chi connectivity index (χ3v) is 8.38. The largest absolute Gasteiger partial charge is 0.351 e. The van der Waals surface area contributed by atoms with Crippen molar-refractivity contribution in [3.8, 4) is 11.3 Å². The molecule has 0 amide bonds. The summed E-state index contributed by atoms with van der Waals surface area (Å²) in [5.41, 5.74) is 3.39. The fourth-order valence-corrected chi connectivity index (χ4v) is 6.12. The summed E-state index contributed by atoms with van der Waals surface area (Å²) in [5, 5.41) is 0.761. The van der Waals surface area contributed by atoms with Crippen LogP contribution in [0.5, 0.6) is 0 Å². The van der Waals surface area contributed by atoms with Crippen molar-refractivity contribution in [3.63, 3.8) is 0 Å². The molecule has 0 unspecified atom stereocenters. The van der Waals surface area contributed by atoms with E-state index in [-0.39, 0.29) is 22.4 Å². The van der Waals surface area contributed by atoms with Crippen molar-refractivity contribution in [2.75, 3.05) is 0 Å². The zero-order valence-electron chi connectivity index (χ0n) is 20.3. The van der Waals surface area contributed by atoms with E-state index in [9.17, 15) is 12.8 Å². The Kier molecular flexibility index (Phi) is 5.83. The molecule has 2 aromatic carbocycles. The van der Waals surface area contributed by atoms with Gasteiger partial charge in [0, 0.05) is 66.1 Å². The predicted molar refractivity (Wildman–Crippen MR) is 140 cm³/mol. The van der Waals surface area contributed by atoms with E-state index in [1.807, 2.05) is 23.9 Å². The van der Waals surface area contributed by atoms with E-state index in [0.717, 1.165) is 22.7 Å². The molecule has 1 aliphatic heterocycles. The number of pyridine rings is 1. The Morgan fingerprint density at radius 2 is 1.89 bits per heavy atom. The minimum Gasteiger partial charge on any atom is -0.351 e. The van der Waals surface area contributed by atoms with Crippen molar-refractivity contribution in [2.45, 2.75) is 23.5 Å². The first-order valence-corrected chi connectivity index (χ1v) is 13.5. The van der Waals surface area contributed by atoms with Gasteiger partial charge in [0.1, 0.15) is 29.3 Å². The Bertz CT molecular complexity index is 1870. The summed E-state index contributed by atoms with van der Waals surface area (Å²) in [6, 6.07) is 12.3. The van der Waals surface area contributed by atoms with Crippen molar-refractivity contribution >= 4 is 32.6 Å². The minimum atomic E-state index is -3.90.